The first-order valence-corrected chi connectivity index (χ1v) is 9.89. The van der Waals surface area contributed by atoms with E-state index in [-0.39, 0.29) is 6.61 Å². The van der Waals surface area contributed by atoms with E-state index in [2.05, 4.69) is 42.0 Å². The van der Waals surface area contributed by atoms with E-state index in [9.17, 15) is 4.79 Å². The van der Waals surface area contributed by atoms with E-state index in [1.807, 2.05) is 41.0 Å². The van der Waals surface area contributed by atoms with Gasteiger partial charge in [-0.25, -0.2) is 14.8 Å². The molecule has 0 saturated carbocycles. The highest BCUT2D eigenvalue weighted by Crippen LogP contribution is 2.33. The van der Waals surface area contributed by atoms with Crippen LogP contribution in [0.3, 0.4) is 0 Å². The van der Waals surface area contributed by atoms with Gasteiger partial charge in [0, 0.05) is 6.20 Å². The Labute approximate surface area is 181 Å². The molecule has 6 nitrogen and oxygen atoms in total. The van der Waals surface area contributed by atoms with E-state index in [0.717, 1.165) is 27.6 Å². The van der Waals surface area contributed by atoms with Crippen molar-refractivity contribution >= 4 is 35.0 Å². The lowest BCUT2D eigenvalue weighted by Gasteiger charge is -2.14. The Hall–Kier alpha value is -3.93. The summed E-state index contributed by atoms with van der Waals surface area (Å²) >= 11 is 0. The number of carbonyl (C=O) groups excluding carboxylic acids is 1. The standard InChI is InChI=1S/C25H25N3O3/c1-5-10-18(6-2)20-12-9-8-11-19(20)16-28-22-13-14-27-25(21(22)15-23(28)26-4)31-17-24(29)30-7-3/h5-6,8-15H,1-2,4,7,16-17H2,3H3/b18-10+. The van der Waals surface area contributed by atoms with Gasteiger partial charge in [0.1, 0.15) is 5.82 Å². The van der Waals surface area contributed by atoms with E-state index < -0.39 is 5.97 Å². The van der Waals surface area contributed by atoms with Gasteiger partial charge in [0.25, 0.3) is 0 Å². The molecule has 0 unspecified atom stereocenters. The molecule has 3 rings (SSSR count). The van der Waals surface area contributed by atoms with Crippen LogP contribution in [0.15, 0.2) is 79.0 Å². The molecule has 0 saturated heterocycles. The number of fused-ring (bicyclic) bond motifs is 1. The van der Waals surface area contributed by atoms with E-state index in [0.29, 0.717) is 24.8 Å². The monoisotopic (exact) mass is 415 g/mol. The van der Waals surface area contributed by atoms with Crippen molar-refractivity contribution in [3.63, 3.8) is 0 Å². The van der Waals surface area contributed by atoms with Crippen LogP contribution in [0.25, 0.3) is 16.5 Å². The summed E-state index contributed by atoms with van der Waals surface area (Å²) in [4.78, 5) is 20.1. The fourth-order valence-electron chi connectivity index (χ4n) is 3.39. The predicted octanol–water partition coefficient (Wildman–Crippen LogP) is 5.11. The number of rotatable bonds is 10. The first-order chi connectivity index (χ1) is 15.1. The maximum absolute atomic E-state index is 11.7. The first kappa shape index (κ1) is 21.8. The molecule has 1 aromatic carbocycles. The number of hydrogen-bond donors (Lipinski definition) is 0. The summed E-state index contributed by atoms with van der Waals surface area (Å²) in [5.74, 6) is 0.579. The van der Waals surface area contributed by atoms with E-state index in [1.54, 1.807) is 19.2 Å². The number of benzene rings is 1. The second-order valence-corrected chi connectivity index (χ2v) is 6.61. The van der Waals surface area contributed by atoms with Crippen LogP contribution in [0.1, 0.15) is 18.1 Å². The minimum atomic E-state index is -0.442. The summed E-state index contributed by atoms with van der Waals surface area (Å²) in [6, 6.07) is 11.8. The van der Waals surface area contributed by atoms with Crippen molar-refractivity contribution in [2.75, 3.05) is 13.2 Å². The molecule has 0 aliphatic heterocycles. The van der Waals surface area contributed by atoms with Gasteiger partial charge in [-0.15, -0.1) is 0 Å². The molecule has 3 aromatic rings. The average Bonchev–Trinajstić information content (AvgIpc) is 3.15. The van der Waals surface area contributed by atoms with Crippen molar-refractivity contribution in [1.29, 1.82) is 0 Å². The van der Waals surface area contributed by atoms with E-state index in [1.165, 1.54) is 0 Å². The lowest BCUT2D eigenvalue weighted by molar-refractivity contribution is -0.145. The summed E-state index contributed by atoms with van der Waals surface area (Å²) in [6.07, 6.45) is 7.13. The third-order valence-corrected chi connectivity index (χ3v) is 4.74. The zero-order chi connectivity index (χ0) is 22.2. The van der Waals surface area contributed by atoms with Crippen molar-refractivity contribution < 1.29 is 14.3 Å². The van der Waals surface area contributed by atoms with E-state index in [4.69, 9.17) is 9.47 Å². The Bertz CT molecular complexity index is 1160. The summed E-state index contributed by atoms with van der Waals surface area (Å²) in [7, 11) is 0. The number of nitrogens with zero attached hydrogens (tertiary/aromatic N) is 3. The number of hydrogen-bond acceptors (Lipinski definition) is 5. The molecule has 0 atom stereocenters. The number of esters is 1. The fourth-order valence-corrected chi connectivity index (χ4v) is 3.39. The minimum Gasteiger partial charge on any atom is -0.465 e. The molecule has 158 valence electrons. The molecule has 0 aliphatic rings. The molecule has 0 fully saturated rings. The molecule has 0 aliphatic carbocycles. The quantitative estimate of drug-likeness (QED) is 0.262. The Morgan fingerprint density at radius 2 is 2.06 bits per heavy atom. The molecule has 0 amide bonds. The van der Waals surface area contributed by atoms with Crippen molar-refractivity contribution in [1.82, 2.24) is 9.55 Å². The molecular formula is C25H25N3O3. The first-order valence-electron chi connectivity index (χ1n) is 9.89. The molecule has 0 spiro atoms. The van der Waals surface area contributed by atoms with Gasteiger partial charge < -0.3 is 14.0 Å². The van der Waals surface area contributed by atoms with Gasteiger partial charge in [-0.3, -0.25) is 0 Å². The van der Waals surface area contributed by atoms with Crippen LogP contribution in [-0.2, 0) is 16.1 Å². The predicted molar refractivity (Wildman–Crippen MR) is 125 cm³/mol. The largest absolute Gasteiger partial charge is 0.465 e. The van der Waals surface area contributed by atoms with Gasteiger partial charge in [0.15, 0.2) is 6.61 Å². The Balaban J connectivity index is 2.03. The molecular weight excluding hydrogens is 390 g/mol. The maximum atomic E-state index is 11.7. The lowest BCUT2D eigenvalue weighted by atomic mass is 9.99. The highest BCUT2D eigenvalue weighted by Gasteiger charge is 2.16. The molecule has 6 heteroatoms. The van der Waals surface area contributed by atoms with Crippen LogP contribution in [0, 0.1) is 0 Å². The summed E-state index contributed by atoms with van der Waals surface area (Å²) in [6.45, 7) is 13.8. The van der Waals surface area contributed by atoms with Crippen molar-refractivity contribution in [3.05, 3.63) is 85.1 Å². The van der Waals surface area contributed by atoms with Gasteiger partial charge in [-0.05, 0) is 42.5 Å². The zero-order valence-electron chi connectivity index (χ0n) is 17.6. The second-order valence-electron chi connectivity index (χ2n) is 6.61. The molecule has 31 heavy (non-hydrogen) atoms. The number of ether oxygens (including phenoxy) is 2. The van der Waals surface area contributed by atoms with Gasteiger partial charge in [-0.2, -0.15) is 0 Å². The third-order valence-electron chi connectivity index (χ3n) is 4.74. The summed E-state index contributed by atoms with van der Waals surface area (Å²) in [5, 5.41) is 0.747. The number of allylic oxidation sites excluding steroid dienone is 4. The highest BCUT2D eigenvalue weighted by atomic mass is 16.6. The molecule has 0 bridgehead atoms. The number of pyridine rings is 1. The molecule has 0 radical (unpaired) electrons. The van der Waals surface area contributed by atoms with Crippen LogP contribution in [-0.4, -0.2) is 35.5 Å². The van der Waals surface area contributed by atoms with Crippen LogP contribution < -0.4 is 4.74 Å². The number of aromatic nitrogens is 2. The Morgan fingerprint density at radius 3 is 2.77 bits per heavy atom. The van der Waals surface area contributed by atoms with Crippen LogP contribution in [0.4, 0.5) is 5.82 Å². The van der Waals surface area contributed by atoms with Gasteiger partial charge >= 0.3 is 5.97 Å². The molecule has 2 heterocycles. The zero-order valence-corrected chi connectivity index (χ0v) is 17.6. The number of carbonyl (C=O) groups is 1. The SMILES string of the molecule is C=C/C=C(\C=C)c1ccccc1Cn1c(N=C)cc2c(OCC(=O)OCC)nccc21. The lowest BCUT2D eigenvalue weighted by Crippen LogP contribution is -2.15. The topological polar surface area (TPSA) is 65.7 Å². The van der Waals surface area contributed by atoms with Crippen LogP contribution in [0.5, 0.6) is 5.88 Å². The van der Waals surface area contributed by atoms with Gasteiger partial charge in [-0.1, -0.05) is 55.7 Å². The highest BCUT2D eigenvalue weighted by molar-refractivity contribution is 5.89. The van der Waals surface area contributed by atoms with Gasteiger partial charge in [0.2, 0.25) is 5.88 Å². The minimum absolute atomic E-state index is 0.208. The maximum Gasteiger partial charge on any atom is 0.344 e. The Kier molecular flexibility index (Phi) is 7.17. The summed E-state index contributed by atoms with van der Waals surface area (Å²) in [5.41, 5.74) is 4.00. The van der Waals surface area contributed by atoms with Gasteiger partial charge in [0.05, 0.1) is 24.1 Å². The average molecular weight is 415 g/mol. The Morgan fingerprint density at radius 1 is 1.26 bits per heavy atom. The molecule has 0 N–H and O–H groups in total. The van der Waals surface area contributed by atoms with Crippen molar-refractivity contribution in [2.45, 2.75) is 13.5 Å². The molecule has 2 aromatic heterocycles. The second kappa shape index (κ2) is 10.2. The van der Waals surface area contributed by atoms with Crippen LogP contribution >= 0.6 is 0 Å². The normalized spacial score (nSPS) is 11.2. The van der Waals surface area contributed by atoms with Crippen LogP contribution in [0.2, 0.25) is 0 Å². The smallest absolute Gasteiger partial charge is 0.344 e. The van der Waals surface area contributed by atoms with Crippen molar-refractivity contribution in [2.24, 2.45) is 4.99 Å². The van der Waals surface area contributed by atoms with E-state index >= 15 is 0 Å². The summed E-state index contributed by atoms with van der Waals surface area (Å²) < 4.78 is 12.6. The number of aliphatic imine (C=N–C) groups is 1. The van der Waals surface area contributed by atoms with Crippen molar-refractivity contribution in [3.8, 4) is 5.88 Å². The fraction of sp³-hybridized carbons (Fsp3) is 0.160. The third kappa shape index (κ3) is 4.80.